The van der Waals surface area contributed by atoms with Crippen LogP contribution < -0.4 is 5.32 Å². The number of halogens is 5. The summed E-state index contributed by atoms with van der Waals surface area (Å²) in [6, 6.07) is 1.41. The minimum absolute atomic E-state index is 0.0701. The second kappa shape index (κ2) is 5.10. The number of nitrogens with one attached hydrogen (secondary N) is 1. The van der Waals surface area contributed by atoms with Crippen LogP contribution in [0.3, 0.4) is 0 Å². The molecular weight excluding hydrogens is 293 g/mol. The standard InChI is InChI=1S/C13H10F5N3/c14-8-3-6(4-9(15)11(8)16)12-7-1-2-19-5-10(7)20-21(12)13(17)18/h3-4,13,19H,1-2,5H2. The second-order valence-electron chi connectivity index (χ2n) is 4.68. The van der Waals surface area contributed by atoms with Crippen LogP contribution in [0.1, 0.15) is 17.8 Å². The highest BCUT2D eigenvalue weighted by Crippen LogP contribution is 2.33. The second-order valence-corrected chi connectivity index (χ2v) is 4.68. The zero-order chi connectivity index (χ0) is 15.1. The maximum Gasteiger partial charge on any atom is 0.333 e. The fourth-order valence-corrected chi connectivity index (χ4v) is 2.48. The van der Waals surface area contributed by atoms with Gasteiger partial charge < -0.3 is 5.32 Å². The van der Waals surface area contributed by atoms with Crippen molar-refractivity contribution in [2.24, 2.45) is 0 Å². The Bertz CT molecular complexity index is 672. The van der Waals surface area contributed by atoms with Crippen LogP contribution >= 0.6 is 0 Å². The number of aromatic nitrogens is 2. The predicted molar refractivity (Wildman–Crippen MR) is 64.2 cm³/mol. The van der Waals surface area contributed by atoms with E-state index in [1.165, 1.54) is 0 Å². The molecule has 0 radical (unpaired) electrons. The van der Waals surface area contributed by atoms with Crippen molar-refractivity contribution in [3.8, 4) is 11.3 Å². The third kappa shape index (κ3) is 2.29. The highest BCUT2D eigenvalue weighted by atomic mass is 19.3. The van der Waals surface area contributed by atoms with E-state index in [1.807, 2.05) is 0 Å². The Kier molecular flexibility index (Phi) is 3.40. The first kappa shape index (κ1) is 14.0. The maximum atomic E-state index is 13.4. The van der Waals surface area contributed by atoms with Crippen molar-refractivity contribution in [3.63, 3.8) is 0 Å². The van der Waals surface area contributed by atoms with Gasteiger partial charge in [0.25, 0.3) is 0 Å². The predicted octanol–water partition coefficient (Wildman–Crippen LogP) is 3.01. The van der Waals surface area contributed by atoms with Crippen LogP contribution in [0.5, 0.6) is 0 Å². The van der Waals surface area contributed by atoms with Crippen molar-refractivity contribution < 1.29 is 22.0 Å². The van der Waals surface area contributed by atoms with Gasteiger partial charge in [0.05, 0.1) is 11.4 Å². The van der Waals surface area contributed by atoms with Crippen molar-refractivity contribution in [2.75, 3.05) is 6.54 Å². The van der Waals surface area contributed by atoms with Crippen LogP contribution in [0.2, 0.25) is 0 Å². The summed E-state index contributed by atoms with van der Waals surface area (Å²) >= 11 is 0. The first-order chi connectivity index (χ1) is 9.99. The number of nitrogens with zero attached hydrogens (tertiary/aromatic N) is 2. The van der Waals surface area contributed by atoms with Crippen LogP contribution in [-0.2, 0) is 13.0 Å². The highest BCUT2D eigenvalue weighted by molar-refractivity contribution is 5.65. The number of alkyl halides is 2. The molecule has 21 heavy (non-hydrogen) atoms. The topological polar surface area (TPSA) is 29.9 Å². The number of benzene rings is 1. The van der Waals surface area contributed by atoms with E-state index in [-0.39, 0.29) is 11.3 Å². The van der Waals surface area contributed by atoms with Crippen LogP contribution in [-0.4, -0.2) is 16.3 Å². The summed E-state index contributed by atoms with van der Waals surface area (Å²) in [6.45, 7) is -2.11. The highest BCUT2D eigenvalue weighted by Gasteiger charge is 2.26. The van der Waals surface area contributed by atoms with Crippen molar-refractivity contribution in [1.29, 1.82) is 0 Å². The molecule has 0 spiro atoms. The Morgan fingerprint density at radius 3 is 2.43 bits per heavy atom. The minimum atomic E-state index is -2.96. The summed E-state index contributed by atoms with van der Waals surface area (Å²) in [7, 11) is 0. The lowest BCUT2D eigenvalue weighted by atomic mass is 10.0. The molecule has 3 rings (SSSR count). The first-order valence-corrected chi connectivity index (χ1v) is 6.23. The summed E-state index contributed by atoms with van der Waals surface area (Å²) in [5.41, 5.74) is 0.683. The molecule has 2 aromatic rings. The summed E-state index contributed by atoms with van der Waals surface area (Å²) in [5, 5.41) is 6.75. The van der Waals surface area contributed by atoms with Crippen molar-refractivity contribution in [3.05, 3.63) is 40.8 Å². The molecular formula is C13H10F5N3. The van der Waals surface area contributed by atoms with Gasteiger partial charge in [-0.1, -0.05) is 0 Å². The van der Waals surface area contributed by atoms with Crippen molar-refractivity contribution in [1.82, 2.24) is 15.1 Å². The molecule has 3 nitrogen and oxygen atoms in total. The summed E-state index contributed by atoms with van der Waals surface area (Å²) < 4.78 is 66.3. The number of hydrogen-bond acceptors (Lipinski definition) is 2. The van der Waals surface area contributed by atoms with Crippen LogP contribution in [0.4, 0.5) is 22.0 Å². The van der Waals surface area contributed by atoms with Gasteiger partial charge in [0.1, 0.15) is 0 Å². The lowest BCUT2D eigenvalue weighted by Gasteiger charge is -2.13. The quantitative estimate of drug-likeness (QED) is 0.683. The fraction of sp³-hybridized carbons (Fsp3) is 0.308. The number of hydrogen-bond donors (Lipinski definition) is 1. The fourth-order valence-electron chi connectivity index (χ4n) is 2.48. The van der Waals surface area contributed by atoms with Gasteiger partial charge in [-0.2, -0.15) is 13.9 Å². The van der Waals surface area contributed by atoms with Gasteiger partial charge >= 0.3 is 6.55 Å². The van der Waals surface area contributed by atoms with Gasteiger partial charge in [-0.3, -0.25) is 0 Å². The van der Waals surface area contributed by atoms with Crippen LogP contribution in [0.15, 0.2) is 12.1 Å². The average Bonchev–Trinajstić information content (AvgIpc) is 2.84. The molecule has 1 aromatic heterocycles. The summed E-state index contributed by atoms with van der Waals surface area (Å²) in [4.78, 5) is 0. The smallest absolute Gasteiger partial charge is 0.311 e. The van der Waals surface area contributed by atoms with E-state index in [4.69, 9.17) is 0 Å². The van der Waals surface area contributed by atoms with Gasteiger partial charge in [-0.15, -0.1) is 0 Å². The molecule has 0 aliphatic carbocycles. The maximum absolute atomic E-state index is 13.4. The normalized spacial score (nSPS) is 14.6. The molecule has 1 aliphatic heterocycles. The third-order valence-corrected chi connectivity index (χ3v) is 3.38. The van der Waals surface area contributed by atoms with E-state index in [1.54, 1.807) is 0 Å². The van der Waals surface area contributed by atoms with E-state index in [9.17, 15) is 22.0 Å². The molecule has 1 aliphatic rings. The van der Waals surface area contributed by atoms with E-state index < -0.39 is 24.0 Å². The molecule has 1 aromatic carbocycles. The lowest BCUT2D eigenvalue weighted by molar-refractivity contribution is 0.0580. The van der Waals surface area contributed by atoms with Gasteiger partial charge in [-0.25, -0.2) is 17.9 Å². The van der Waals surface area contributed by atoms with Gasteiger partial charge in [0.15, 0.2) is 17.5 Å². The van der Waals surface area contributed by atoms with Gasteiger partial charge in [-0.05, 0) is 25.1 Å². The molecule has 0 bridgehead atoms. The van der Waals surface area contributed by atoms with Crippen molar-refractivity contribution >= 4 is 0 Å². The monoisotopic (exact) mass is 303 g/mol. The molecule has 8 heteroatoms. The zero-order valence-corrected chi connectivity index (χ0v) is 10.6. The Morgan fingerprint density at radius 2 is 1.81 bits per heavy atom. The van der Waals surface area contributed by atoms with Crippen LogP contribution in [0.25, 0.3) is 11.3 Å². The molecule has 0 unspecified atom stereocenters. The summed E-state index contributed by atoms with van der Waals surface area (Å²) in [6.07, 6.45) is 0.401. The zero-order valence-electron chi connectivity index (χ0n) is 10.6. The Balaban J connectivity index is 2.23. The van der Waals surface area contributed by atoms with Crippen molar-refractivity contribution in [2.45, 2.75) is 19.5 Å². The minimum Gasteiger partial charge on any atom is -0.311 e. The van der Waals surface area contributed by atoms with Gasteiger partial charge in [0, 0.05) is 17.7 Å². The molecule has 0 atom stereocenters. The van der Waals surface area contributed by atoms with E-state index in [0.717, 1.165) is 0 Å². The molecule has 1 N–H and O–H groups in total. The summed E-state index contributed by atoms with van der Waals surface area (Å²) in [5.74, 6) is -4.47. The molecule has 0 saturated carbocycles. The first-order valence-electron chi connectivity index (χ1n) is 6.23. The van der Waals surface area contributed by atoms with E-state index in [2.05, 4.69) is 10.4 Å². The third-order valence-electron chi connectivity index (χ3n) is 3.38. The Hall–Kier alpha value is -1.96. The molecule has 0 amide bonds. The molecule has 0 fully saturated rings. The Morgan fingerprint density at radius 1 is 1.14 bits per heavy atom. The van der Waals surface area contributed by atoms with E-state index in [0.29, 0.717) is 47.6 Å². The SMILES string of the molecule is Fc1cc(-c2c3c(nn2C(F)F)CNCC3)cc(F)c1F. The van der Waals surface area contributed by atoms with Crippen LogP contribution in [0, 0.1) is 17.5 Å². The number of fused-ring (bicyclic) bond motifs is 1. The lowest BCUT2D eigenvalue weighted by Crippen LogP contribution is -2.23. The number of rotatable bonds is 2. The average molecular weight is 303 g/mol. The van der Waals surface area contributed by atoms with Gasteiger partial charge in [0.2, 0.25) is 0 Å². The molecule has 112 valence electrons. The molecule has 0 saturated heterocycles. The Labute approximate surface area is 116 Å². The van der Waals surface area contributed by atoms with E-state index >= 15 is 0 Å². The largest absolute Gasteiger partial charge is 0.333 e. The molecule has 2 heterocycles.